The summed E-state index contributed by atoms with van der Waals surface area (Å²) >= 11 is 0. The molecule has 0 aromatic heterocycles. The van der Waals surface area contributed by atoms with Gasteiger partial charge < -0.3 is 15.3 Å². The summed E-state index contributed by atoms with van der Waals surface area (Å²) in [6.45, 7) is 1.60. The first-order valence-corrected chi connectivity index (χ1v) is 3.05. The SMILES string of the molecule is CCC(=O)O.O=C(O)CC(=O)O. The van der Waals surface area contributed by atoms with E-state index in [1.165, 1.54) is 0 Å². The van der Waals surface area contributed by atoms with Crippen LogP contribution in [-0.2, 0) is 14.4 Å². The number of carboxylic acids is 3. The first kappa shape index (κ1) is 13.0. The number of hydrogen-bond acceptors (Lipinski definition) is 3. The van der Waals surface area contributed by atoms with Gasteiger partial charge in [-0.1, -0.05) is 6.92 Å². The van der Waals surface area contributed by atoms with Crippen molar-refractivity contribution in [1.82, 2.24) is 0 Å². The minimum Gasteiger partial charge on any atom is -0.481 e. The first-order valence-electron chi connectivity index (χ1n) is 3.05. The van der Waals surface area contributed by atoms with E-state index in [0.29, 0.717) is 0 Å². The molecule has 0 rings (SSSR count). The predicted octanol–water partition coefficient (Wildman–Crippen LogP) is 0.0267. The Hall–Kier alpha value is -1.59. The summed E-state index contributed by atoms with van der Waals surface area (Å²) < 4.78 is 0. The van der Waals surface area contributed by atoms with Crippen LogP contribution in [0.25, 0.3) is 0 Å². The topological polar surface area (TPSA) is 112 Å². The second-order valence-electron chi connectivity index (χ2n) is 1.71. The molecule has 12 heavy (non-hydrogen) atoms. The van der Waals surface area contributed by atoms with Gasteiger partial charge in [0.05, 0.1) is 0 Å². The molecule has 0 aliphatic heterocycles. The highest BCUT2D eigenvalue weighted by Crippen LogP contribution is 1.74. The van der Waals surface area contributed by atoms with Crippen molar-refractivity contribution >= 4 is 17.9 Å². The van der Waals surface area contributed by atoms with Crippen molar-refractivity contribution in [2.45, 2.75) is 19.8 Å². The number of carbonyl (C=O) groups is 3. The third-order valence-electron chi connectivity index (χ3n) is 0.605. The van der Waals surface area contributed by atoms with E-state index in [1.807, 2.05) is 0 Å². The highest BCUT2D eigenvalue weighted by atomic mass is 16.4. The van der Waals surface area contributed by atoms with Crippen LogP contribution in [0.5, 0.6) is 0 Å². The van der Waals surface area contributed by atoms with Gasteiger partial charge in [-0.2, -0.15) is 0 Å². The largest absolute Gasteiger partial charge is 0.481 e. The molecular formula is C6H10O6. The fourth-order valence-electron chi connectivity index (χ4n) is 0.129. The van der Waals surface area contributed by atoms with Gasteiger partial charge in [0.15, 0.2) is 0 Å². The molecule has 0 aromatic rings. The highest BCUT2D eigenvalue weighted by molar-refractivity contribution is 5.88. The van der Waals surface area contributed by atoms with Gasteiger partial charge in [-0.05, 0) is 0 Å². The van der Waals surface area contributed by atoms with E-state index in [4.69, 9.17) is 15.3 Å². The van der Waals surface area contributed by atoms with Gasteiger partial charge >= 0.3 is 17.9 Å². The molecule has 0 fully saturated rings. The molecule has 0 atom stereocenters. The average molecular weight is 178 g/mol. The third-order valence-corrected chi connectivity index (χ3v) is 0.605. The Morgan fingerprint density at radius 2 is 1.17 bits per heavy atom. The van der Waals surface area contributed by atoms with Crippen molar-refractivity contribution in [1.29, 1.82) is 0 Å². The normalized spacial score (nSPS) is 7.75. The lowest BCUT2D eigenvalue weighted by atomic mass is 10.5. The molecule has 6 nitrogen and oxygen atoms in total. The maximum absolute atomic E-state index is 9.43. The molecule has 0 aliphatic rings. The summed E-state index contributed by atoms with van der Waals surface area (Å²) in [5.41, 5.74) is 0. The molecular weight excluding hydrogens is 168 g/mol. The molecule has 0 bridgehead atoms. The molecule has 0 unspecified atom stereocenters. The molecule has 6 heteroatoms. The van der Waals surface area contributed by atoms with Gasteiger partial charge in [0, 0.05) is 6.42 Å². The second-order valence-corrected chi connectivity index (χ2v) is 1.71. The predicted molar refractivity (Wildman–Crippen MR) is 37.8 cm³/mol. The number of carboxylic acid groups (broad SMARTS) is 3. The van der Waals surface area contributed by atoms with Gasteiger partial charge in [-0.3, -0.25) is 14.4 Å². The van der Waals surface area contributed by atoms with E-state index < -0.39 is 24.3 Å². The Balaban J connectivity index is 0. The van der Waals surface area contributed by atoms with Crippen molar-refractivity contribution in [3.63, 3.8) is 0 Å². The van der Waals surface area contributed by atoms with E-state index in [9.17, 15) is 14.4 Å². The number of aliphatic carboxylic acids is 3. The van der Waals surface area contributed by atoms with Crippen LogP contribution >= 0.6 is 0 Å². The molecule has 0 saturated heterocycles. The lowest BCUT2D eigenvalue weighted by Crippen LogP contribution is -2.03. The van der Waals surface area contributed by atoms with E-state index in [0.717, 1.165) is 0 Å². The van der Waals surface area contributed by atoms with Crippen LogP contribution in [0.3, 0.4) is 0 Å². The minimum absolute atomic E-state index is 0.222. The average Bonchev–Trinajstić information content (AvgIpc) is 1.85. The van der Waals surface area contributed by atoms with Gasteiger partial charge in [-0.25, -0.2) is 0 Å². The smallest absolute Gasteiger partial charge is 0.314 e. The van der Waals surface area contributed by atoms with Crippen molar-refractivity contribution in [2.24, 2.45) is 0 Å². The lowest BCUT2D eigenvalue weighted by molar-refractivity contribution is -0.147. The highest BCUT2D eigenvalue weighted by Gasteiger charge is 2.01. The van der Waals surface area contributed by atoms with Crippen LogP contribution in [-0.4, -0.2) is 33.2 Å². The van der Waals surface area contributed by atoms with Crippen LogP contribution in [0.4, 0.5) is 0 Å². The number of rotatable bonds is 3. The zero-order chi connectivity index (χ0) is 10.1. The van der Waals surface area contributed by atoms with Gasteiger partial charge in [-0.15, -0.1) is 0 Å². The molecule has 70 valence electrons. The van der Waals surface area contributed by atoms with Crippen molar-refractivity contribution < 1.29 is 29.7 Å². The summed E-state index contributed by atoms with van der Waals surface area (Å²) in [5, 5.41) is 23.1. The van der Waals surface area contributed by atoms with Crippen LogP contribution in [0.15, 0.2) is 0 Å². The maximum atomic E-state index is 9.43. The zero-order valence-electron chi connectivity index (χ0n) is 6.48. The zero-order valence-corrected chi connectivity index (χ0v) is 6.48. The van der Waals surface area contributed by atoms with E-state index in [2.05, 4.69) is 0 Å². The Kier molecular flexibility index (Phi) is 8.16. The van der Waals surface area contributed by atoms with Crippen LogP contribution in [0, 0.1) is 0 Å². The van der Waals surface area contributed by atoms with Crippen molar-refractivity contribution in [2.75, 3.05) is 0 Å². The molecule has 0 radical (unpaired) electrons. The van der Waals surface area contributed by atoms with Gasteiger partial charge in [0.1, 0.15) is 6.42 Å². The quantitative estimate of drug-likeness (QED) is 0.525. The summed E-state index contributed by atoms with van der Waals surface area (Å²) in [6.07, 6.45) is -0.583. The summed E-state index contributed by atoms with van der Waals surface area (Å²) in [4.78, 5) is 28.2. The van der Waals surface area contributed by atoms with Gasteiger partial charge in [0.25, 0.3) is 0 Å². The van der Waals surface area contributed by atoms with E-state index in [-0.39, 0.29) is 6.42 Å². The molecule has 0 saturated carbocycles. The van der Waals surface area contributed by atoms with E-state index in [1.54, 1.807) is 6.92 Å². The van der Waals surface area contributed by atoms with E-state index >= 15 is 0 Å². The fourth-order valence-corrected chi connectivity index (χ4v) is 0.129. The molecule has 0 amide bonds. The van der Waals surface area contributed by atoms with Crippen LogP contribution in [0.1, 0.15) is 19.8 Å². The molecule has 0 heterocycles. The summed E-state index contributed by atoms with van der Waals surface area (Å²) in [6, 6.07) is 0. The maximum Gasteiger partial charge on any atom is 0.314 e. The number of hydrogen-bond donors (Lipinski definition) is 3. The third kappa shape index (κ3) is 23.7. The Morgan fingerprint density at radius 3 is 1.17 bits per heavy atom. The monoisotopic (exact) mass is 178 g/mol. The van der Waals surface area contributed by atoms with Crippen molar-refractivity contribution in [3.05, 3.63) is 0 Å². The molecule has 0 aliphatic carbocycles. The Bertz CT molecular complexity index is 161. The Morgan fingerprint density at radius 1 is 0.917 bits per heavy atom. The summed E-state index contributed by atoms with van der Waals surface area (Å²) in [7, 11) is 0. The van der Waals surface area contributed by atoms with Crippen LogP contribution < -0.4 is 0 Å². The first-order chi connectivity index (χ1) is 5.40. The van der Waals surface area contributed by atoms with Gasteiger partial charge in [0.2, 0.25) is 0 Å². The van der Waals surface area contributed by atoms with Crippen LogP contribution in [0.2, 0.25) is 0 Å². The molecule has 0 aromatic carbocycles. The minimum atomic E-state index is -1.31. The molecule has 3 N–H and O–H groups in total. The fraction of sp³-hybridized carbons (Fsp3) is 0.500. The standard InChI is InChI=1S/C3H4O4.C3H6O2/c4-2(5)1-3(6)7;1-2-3(4)5/h1H2,(H,4,5)(H,6,7);2H2,1H3,(H,4,5). The Labute approximate surface area is 68.4 Å². The lowest BCUT2D eigenvalue weighted by Gasteiger charge is -1.80. The van der Waals surface area contributed by atoms with Crippen molar-refractivity contribution in [3.8, 4) is 0 Å². The second kappa shape index (κ2) is 7.52. The molecule has 0 spiro atoms. The summed E-state index contributed by atoms with van der Waals surface area (Å²) in [5.74, 6) is -3.37.